The van der Waals surface area contributed by atoms with Crippen molar-refractivity contribution in [2.45, 2.75) is 6.92 Å². The van der Waals surface area contributed by atoms with Gasteiger partial charge in [-0.15, -0.1) is 0 Å². The Morgan fingerprint density at radius 3 is 2.48 bits per heavy atom. The lowest BCUT2D eigenvalue weighted by atomic mass is 10.2. The Morgan fingerprint density at radius 2 is 1.88 bits per heavy atom. The lowest BCUT2D eigenvalue weighted by molar-refractivity contribution is 0.0955. The highest BCUT2D eigenvalue weighted by molar-refractivity contribution is 5.95. The summed E-state index contributed by atoms with van der Waals surface area (Å²) in [7, 11) is 5.49. The number of hydrogen-bond acceptors (Lipinski definition) is 5. The van der Waals surface area contributed by atoms with Crippen LogP contribution in [0.5, 0.6) is 11.5 Å². The lowest BCUT2D eigenvalue weighted by Gasteiger charge is -2.12. The molecule has 0 heterocycles. The molecule has 0 aliphatic rings. The first-order chi connectivity index (χ1) is 12.0. The van der Waals surface area contributed by atoms with Crippen LogP contribution in [0.3, 0.4) is 0 Å². The summed E-state index contributed by atoms with van der Waals surface area (Å²) in [5, 5.41) is 4.00. The second kappa shape index (κ2) is 8.73. The van der Waals surface area contributed by atoms with E-state index in [1.165, 1.54) is 0 Å². The molecule has 0 aliphatic carbocycles. The van der Waals surface area contributed by atoms with Crippen molar-refractivity contribution < 1.29 is 14.3 Å². The Balaban J connectivity index is 2.02. The Bertz CT molecular complexity index is 740. The van der Waals surface area contributed by atoms with Gasteiger partial charge in [0.15, 0.2) is 11.5 Å². The Labute approximate surface area is 148 Å². The monoisotopic (exact) mass is 341 g/mol. The summed E-state index contributed by atoms with van der Waals surface area (Å²) < 4.78 is 10.8. The SMILES string of the molecule is CCOc1cc(/C=N/NC(=O)c2ccc(N(C)C)cc2)ccc1OC. The third-order valence-electron chi connectivity index (χ3n) is 3.51. The molecule has 132 valence electrons. The van der Waals surface area contributed by atoms with E-state index in [-0.39, 0.29) is 5.91 Å². The largest absolute Gasteiger partial charge is 0.493 e. The van der Waals surface area contributed by atoms with Crippen molar-refractivity contribution in [3.05, 3.63) is 53.6 Å². The molecule has 2 rings (SSSR count). The standard InChI is InChI=1S/C19H23N3O3/c1-5-25-18-12-14(6-11-17(18)24-4)13-20-21-19(23)15-7-9-16(10-8-15)22(2)3/h6-13H,5H2,1-4H3,(H,21,23)/b20-13+. The summed E-state index contributed by atoms with van der Waals surface area (Å²) in [4.78, 5) is 14.1. The normalized spacial score (nSPS) is 10.6. The third-order valence-corrected chi connectivity index (χ3v) is 3.51. The van der Waals surface area contributed by atoms with E-state index in [0.29, 0.717) is 23.7 Å². The quantitative estimate of drug-likeness (QED) is 0.621. The molecule has 0 unspecified atom stereocenters. The molecule has 1 N–H and O–H groups in total. The molecular weight excluding hydrogens is 318 g/mol. The Kier molecular flexibility index (Phi) is 6.39. The maximum atomic E-state index is 12.1. The van der Waals surface area contributed by atoms with Crippen LogP contribution in [0, 0.1) is 0 Å². The van der Waals surface area contributed by atoms with E-state index in [0.717, 1.165) is 11.3 Å². The van der Waals surface area contributed by atoms with E-state index in [1.54, 1.807) is 31.5 Å². The first-order valence-corrected chi connectivity index (χ1v) is 7.96. The molecule has 6 nitrogen and oxygen atoms in total. The molecule has 0 aliphatic heterocycles. The molecule has 0 atom stereocenters. The maximum Gasteiger partial charge on any atom is 0.271 e. The van der Waals surface area contributed by atoms with E-state index in [2.05, 4.69) is 10.5 Å². The molecule has 2 aromatic carbocycles. The van der Waals surface area contributed by atoms with Gasteiger partial charge in [-0.25, -0.2) is 5.43 Å². The fourth-order valence-corrected chi connectivity index (χ4v) is 2.18. The van der Waals surface area contributed by atoms with Gasteiger partial charge >= 0.3 is 0 Å². The van der Waals surface area contributed by atoms with Crippen LogP contribution in [0.25, 0.3) is 0 Å². The number of nitrogens with zero attached hydrogens (tertiary/aromatic N) is 2. The number of hydrazone groups is 1. The fourth-order valence-electron chi connectivity index (χ4n) is 2.18. The van der Waals surface area contributed by atoms with E-state index in [4.69, 9.17) is 9.47 Å². The van der Waals surface area contributed by atoms with Gasteiger partial charge in [0.25, 0.3) is 5.91 Å². The van der Waals surface area contributed by atoms with Gasteiger partial charge in [0.05, 0.1) is 19.9 Å². The number of hydrogen-bond donors (Lipinski definition) is 1. The van der Waals surface area contributed by atoms with Crippen molar-refractivity contribution >= 4 is 17.8 Å². The van der Waals surface area contributed by atoms with E-state index in [1.807, 2.05) is 50.2 Å². The van der Waals surface area contributed by atoms with Crippen LogP contribution in [-0.4, -0.2) is 39.9 Å². The van der Waals surface area contributed by atoms with Crippen molar-refractivity contribution in [3.63, 3.8) is 0 Å². The molecule has 0 aromatic heterocycles. The summed E-state index contributed by atoms with van der Waals surface area (Å²) in [5.74, 6) is 1.03. The minimum Gasteiger partial charge on any atom is -0.493 e. The van der Waals surface area contributed by atoms with Crippen molar-refractivity contribution in [3.8, 4) is 11.5 Å². The van der Waals surface area contributed by atoms with E-state index >= 15 is 0 Å². The van der Waals surface area contributed by atoms with Crippen molar-refractivity contribution in [2.75, 3.05) is 32.7 Å². The number of ether oxygens (including phenoxy) is 2. The molecule has 0 spiro atoms. The number of rotatable bonds is 7. The van der Waals surface area contributed by atoms with Crippen LogP contribution < -0.4 is 19.8 Å². The highest BCUT2D eigenvalue weighted by atomic mass is 16.5. The molecule has 6 heteroatoms. The molecule has 0 saturated heterocycles. The van der Waals surface area contributed by atoms with Gasteiger partial charge in [0.2, 0.25) is 0 Å². The van der Waals surface area contributed by atoms with Gasteiger partial charge in [-0.3, -0.25) is 4.79 Å². The number of amides is 1. The average Bonchev–Trinajstić information content (AvgIpc) is 2.62. The molecule has 0 radical (unpaired) electrons. The average molecular weight is 341 g/mol. The van der Waals surface area contributed by atoms with Crippen molar-refractivity contribution in [1.82, 2.24) is 5.43 Å². The summed E-state index contributed by atoms with van der Waals surface area (Å²) >= 11 is 0. The van der Waals surface area contributed by atoms with E-state index < -0.39 is 0 Å². The third kappa shape index (κ3) is 4.97. The summed E-state index contributed by atoms with van der Waals surface area (Å²) in [6.07, 6.45) is 1.56. The van der Waals surface area contributed by atoms with Gasteiger partial charge in [-0.1, -0.05) is 0 Å². The number of benzene rings is 2. The molecule has 0 bridgehead atoms. The van der Waals surface area contributed by atoms with Gasteiger partial charge in [0.1, 0.15) is 0 Å². The van der Waals surface area contributed by atoms with Gasteiger partial charge in [-0.2, -0.15) is 5.10 Å². The second-order valence-electron chi connectivity index (χ2n) is 5.48. The number of nitrogens with one attached hydrogen (secondary N) is 1. The molecule has 25 heavy (non-hydrogen) atoms. The zero-order valence-electron chi connectivity index (χ0n) is 14.9. The van der Waals surface area contributed by atoms with Crippen LogP contribution in [0.2, 0.25) is 0 Å². The first-order valence-electron chi connectivity index (χ1n) is 7.96. The predicted octanol–water partition coefficient (Wildman–Crippen LogP) is 2.92. The fraction of sp³-hybridized carbons (Fsp3) is 0.263. The van der Waals surface area contributed by atoms with Crippen LogP contribution in [-0.2, 0) is 0 Å². The van der Waals surface area contributed by atoms with Crippen molar-refractivity contribution in [2.24, 2.45) is 5.10 Å². The van der Waals surface area contributed by atoms with Crippen molar-refractivity contribution in [1.29, 1.82) is 0 Å². The smallest absolute Gasteiger partial charge is 0.271 e. The zero-order valence-corrected chi connectivity index (χ0v) is 14.9. The number of carbonyl (C=O) groups excluding carboxylic acids is 1. The first kappa shape index (κ1) is 18.3. The Hall–Kier alpha value is -3.02. The Morgan fingerprint density at radius 1 is 1.16 bits per heavy atom. The van der Waals surface area contributed by atoms with Crippen LogP contribution in [0.4, 0.5) is 5.69 Å². The molecular formula is C19H23N3O3. The minimum absolute atomic E-state index is 0.264. The summed E-state index contributed by atoms with van der Waals surface area (Å²) in [6, 6.07) is 12.7. The molecule has 0 fully saturated rings. The number of carbonyl (C=O) groups is 1. The van der Waals surface area contributed by atoms with Crippen LogP contribution in [0.15, 0.2) is 47.6 Å². The predicted molar refractivity (Wildman–Crippen MR) is 100.0 cm³/mol. The van der Waals surface area contributed by atoms with Crippen LogP contribution in [0.1, 0.15) is 22.8 Å². The van der Waals surface area contributed by atoms with Gasteiger partial charge in [-0.05, 0) is 55.0 Å². The molecule has 0 saturated carbocycles. The maximum absolute atomic E-state index is 12.1. The minimum atomic E-state index is -0.264. The van der Waals surface area contributed by atoms with Gasteiger partial charge in [0, 0.05) is 25.3 Å². The number of anilines is 1. The highest BCUT2D eigenvalue weighted by Crippen LogP contribution is 2.27. The second-order valence-corrected chi connectivity index (χ2v) is 5.48. The van der Waals surface area contributed by atoms with Crippen LogP contribution >= 0.6 is 0 Å². The highest BCUT2D eigenvalue weighted by Gasteiger charge is 2.06. The summed E-state index contributed by atoms with van der Waals surface area (Å²) in [6.45, 7) is 2.44. The summed E-state index contributed by atoms with van der Waals surface area (Å²) in [5.41, 5.74) is 4.90. The van der Waals surface area contributed by atoms with E-state index in [9.17, 15) is 4.79 Å². The molecule has 1 amide bonds. The lowest BCUT2D eigenvalue weighted by Crippen LogP contribution is -2.18. The van der Waals surface area contributed by atoms with Gasteiger partial charge < -0.3 is 14.4 Å². The number of methoxy groups -OCH3 is 1. The molecule has 2 aromatic rings. The zero-order chi connectivity index (χ0) is 18.2. The topological polar surface area (TPSA) is 63.2 Å².